The normalized spacial score (nSPS) is 23.8. The molecule has 1 amide bonds. The van der Waals surface area contributed by atoms with Gasteiger partial charge in [-0.25, -0.2) is 0 Å². The number of piperidine rings is 2. The van der Waals surface area contributed by atoms with Crippen LogP contribution in [0.3, 0.4) is 0 Å². The van der Waals surface area contributed by atoms with Crippen LogP contribution in [-0.2, 0) is 19.7 Å². The molecule has 0 unspecified atom stereocenters. The largest absolute Gasteiger partial charge is 0.385 e. The number of carbonyl (C=O) groups is 1. The summed E-state index contributed by atoms with van der Waals surface area (Å²) in [4.78, 5) is 14.3. The standard InChI is InChI=1S/C16H32N4O4S/c1-18(2)25(22,23)20-9-4-14(5-10-20)19-11-6-16(7-12-19,15(17)21)8-13-24-3/h14H,4-13H2,1-3H3,(H2,17,21). The molecule has 0 aromatic carbocycles. The summed E-state index contributed by atoms with van der Waals surface area (Å²) in [6, 6.07) is 0.377. The van der Waals surface area contributed by atoms with E-state index in [0.29, 0.717) is 32.2 Å². The molecule has 2 saturated heterocycles. The molecule has 0 radical (unpaired) electrons. The van der Waals surface area contributed by atoms with Gasteiger partial charge in [-0.1, -0.05) is 0 Å². The lowest BCUT2D eigenvalue weighted by molar-refractivity contribution is -0.132. The number of likely N-dealkylation sites (tertiary alicyclic amines) is 1. The van der Waals surface area contributed by atoms with Gasteiger partial charge in [-0.3, -0.25) is 4.79 Å². The van der Waals surface area contributed by atoms with E-state index in [4.69, 9.17) is 10.5 Å². The van der Waals surface area contributed by atoms with Gasteiger partial charge < -0.3 is 15.4 Å². The fourth-order valence-corrected chi connectivity index (χ4v) is 5.04. The van der Waals surface area contributed by atoms with Crippen LogP contribution in [-0.4, -0.2) is 87.9 Å². The minimum absolute atomic E-state index is 0.226. The predicted molar refractivity (Wildman–Crippen MR) is 96.1 cm³/mol. The van der Waals surface area contributed by atoms with E-state index in [2.05, 4.69) is 4.90 Å². The molecule has 146 valence electrons. The minimum Gasteiger partial charge on any atom is -0.385 e. The zero-order valence-corrected chi connectivity index (χ0v) is 16.4. The molecule has 0 aromatic rings. The Morgan fingerprint density at radius 2 is 1.76 bits per heavy atom. The Morgan fingerprint density at radius 3 is 2.20 bits per heavy atom. The minimum atomic E-state index is -3.32. The number of methoxy groups -OCH3 is 1. The molecular weight excluding hydrogens is 344 g/mol. The van der Waals surface area contributed by atoms with Gasteiger partial charge in [0, 0.05) is 46.9 Å². The van der Waals surface area contributed by atoms with Crippen molar-refractivity contribution in [3.63, 3.8) is 0 Å². The lowest BCUT2D eigenvalue weighted by atomic mass is 9.74. The SMILES string of the molecule is COCCC1(C(N)=O)CCN(C2CCN(S(=O)(=O)N(C)C)CC2)CC1. The zero-order chi connectivity index (χ0) is 18.7. The molecule has 2 heterocycles. The van der Waals surface area contributed by atoms with Crippen LogP contribution in [0.15, 0.2) is 0 Å². The molecule has 25 heavy (non-hydrogen) atoms. The number of hydrogen-bond donors (Lipinski definition) is 1. The fraction of sp³-hybridized carbons (Fsp3) is 0.938. The first-order valence-electron chi connectivity index (χ1n) is 8.93. The smallest absolute Gasteiger partial charge is 0.281 e. The highest BCUT2D eigenvalue weighted by molar-refractivity contribution is 7.86. The summed E-state index contributed by atoms with van der Waals surface area (Å²) >= 11 is 0. The van der Waals surface area contributed by atoms with E-state index in [1.54, 1.807) is 25.5 Å². The highest BCUT2D eigenvalue weighted by Gasteiger charge is 2.41. The van der Waals surface area contributed by atoms with Crippen molar-refractivity contribution in [1.29, 1.82) is 0 Å². The maximum absolute atomic E-state index is 12.2. The number of carbonyl (C=O) groups excluding carboxylic acids is 1. The van der Waals surface area contributed by atoms with Gasteiger partial charge in [0.2, 0.25) is 5.91 Å². The number of nitrogens with two attached hydrogens (primary N) is 1. The van der Waals surface area contributed by atoms with Crippen LogP contribution < -0.4 is 5.73 Å². The van der Waals surface area contributed by atoms with Crippen molar-refractivity contribution in [2.75, 3.05) is 54.0 Å². The molecule has 0 spiro atoms. The van der Waals surface area contributed by atoms with Gasteiger partial charge in [0.25, 0.3) is 10.2 Å². The van der Waals surface area contributed by atoms with Crippen molar-refractivity contribution in [2.45, 2.75) is 38.1 Å². The highest BCUT2D eigenvalue weighted by atomic mass is 32.2. The fourth-order valence-electron chi connectivity index (χ4n) is 3.90. The molecule has 2 N–H and O–H groups in total. The molecule has 2 aliphatic heterocycles. The van der Waals surface area contributed by atoms with Crippen molar-refractivity contribution in [2.24, 2.45) is 11.1 Å². The van der Waals surface area contributed by atoms with Gasteiger partial charge in [0.1, 0.15) is 0 Å². The number of hydrogen-bond acceptors (Lipinski definition) is 5. The quantitative estimate of drug-likeness (QED) is 0.667. The Hall–Kier alpha value is -0.740. The van der Waals surface area contributed by atoms with Crippen LogP contribution >= 0.6 is 0 Å². The average molecular weight is 377 g/mol. The van der Waals surface area contributed by atoms with Crippen molar-refractivity contribution in [1.82, 2.24) is 13.5 Å². The molecule has 0 aliphatic carbocycles. The van der Waals surface area contributed by atoms with Crippen molar-refractivity contribution in [3.05, 3.63) is 0 Å². The number of amides is 1. The van der Waals surface area contributed by atoms with Gasteiger partial charge >= 0.3 is 0 Å². The Kier molecular flexibility index (Phi) is 6.83. The summed E-state index contributed by atoms with van der Waals surface area (Å²) < 4.78 is 32.4. The van der Waals surface area contributed by atoms with Gasteiger partial charge in [0.05, 0.1) is 5.41 Å². The lowest BCUT2D eigenvalue weighted by Gasteiger charge is -2.45. The third kappa shape index (κ3) is 4.51. The molecule has 8 nitrogen and oxygen atoms in total. The molecule has 0 bridgehead atoms. The molecule has 0 aromatic heterocycles. The Labute approximate surface area is 151 Å². The van der Waals surface area contributed by atoms with E-state index in [-0.39, 0.29) is 5.91 Å². The zero-order valence-electron chi connectivity index (χ0n) is 15.6. The Balaban J connectivity index is 1.89. The van der Waals surface area contributed by atoms with Crippen molar-refractivity contribution < 1.29 is 17.9 Å². The van der Waals surface area contributed by atoms with Gasteiger partial charge in [-0.15, -0.1) is 0 Å². The second kappa shape index (κ2) is 8.30. The maximum atomic E-state index is 12.2. The second-order valence-electron chi connectivity index (χ2n) is 7.34. The summed E-state index contributed by atoms with van der Waals surface area (Å²) in [6.07, 6.45) is 3.83. The summed E-state index contributed by atoms with van der Waals surface area (Å²) in [6.45, 7) is 3.30. The van der Waals surface area contributed by atoms with Gasteiger partial charge in [-0.2, -0.15) is 17.0 Å². The lowest BCUT2D eigenvalue weighted by Crippen LogP contribution is -2.54. The molecule has 0 atom stereocenters. The van der Waals surface area contributed by atoms with E-state index in [1.807, 2.05) is 0 Å². The first-order valence-corrected chi connectivity index (χ1v) is 10.3. The monoisotopic (exact) mass is 376 g/mol. The molecule has 9 heteroatoms. The molecule has 2 rings (SSSR count). The number of rotatable bonds is 7. The summed E-state index contributed by atoms with van der Waals surface area (Å²) in [5, 5.41) is 0. The highest BCUT2D eigenvalue weighted by Crippen LogP contribution is 2.36. The summed E-state index contributed by atoms with van der Waals surface area (Å²) in [5.74, 6) is -0.226. The molecule has 2 fully saturated rings. The molecule has 2 aliphatic rings. The first-order chi connectivity index (χ1) is 11.7. The predicted octanol–water partition coefficient (Wildman–Crippen LogP) is -0.139. The average Bonchev–Trinajstić information content (AvgIpc) is 2.60. The van der Waals surface area contributed by atoms with Crippen molar-refractivity contribution in [3.8, 4) is 0 Å². The first kappa shape index (κ1) is 20.6. The van der Waals surface area contributed by atoms with E-state index >= 15 is 0 Å². The van der Waals surface area contributed by atoms with E-state index in [9.17, 15) is 13.2 Å². The van der Waals surface area contributed by atoms with E-state index in [1.165, 1.54) is 4.31 Å². The van der Waals surface area contributed by atoms with Crippen LogP contribution in [0.25, 0.3) is 0 Å². The van der Waals surface area contributed by atoms with Gasteiger partial charge in [0.15, 0.2) is 0 Å². The van der Waals surface area contributed by atoms with E-state index in [0.717, 1.165) is 38.8 Å². The Morgan fingerprint density at radius 1 is 1.20 bits per heavy atom. The summed E-state index contributed by atoms with van der Waals surface area (Å²) in [7, 11) is 1.45. The van der Waals surface area contributed by atoms with Crippen LogP contribution in [0.2, 0.25) is 0 Å². The van der Waals surface area contributed by atoms with E-state index < -0.39 is 15.6 Å². The molecular formula is C16H32N4O4S. The third-order valence-corrected chi connectivity index (χ3v) is 7.73. The number of nitrogens with zero attached hydrogens (tertiary/aromatic N) is 3. The van der Waals surface area contributed by atoms with Crippen LogP contribution in [0.4, 0.5) is 0 Å². The molecule has 0 saturated carbocycles. The summed E-state index contributed by atoms with van der Waals surface area (Å²) in [5.41, 5.74) is 5.21. The third-order valence-electron chi connectivity index (χ3n) is 5.79. The van der Waals surface area contributed by atoms with Crippen LogP contribution in [0, 0.1) is 5.41 Å². The topological polar surface area (TPSA) is 96.2 Å². The maximum Gasteiger partial charge on any atom is 0.281 e. The van der Waals surface area contributed by atoms with Crippen LogP contribution in [0.5, 0.6) is 0 Å². The number of primary amides is 1. The van der Waals surface area contributed by atoms with Crippen molar-refractivity contribution >= 4 is 16.1 Å². The number of ether oxygens (including phenoxy) is 1. The Bertz CT molecular complexity index is 550. The van der Waals surface area contributed by atoms with Crippen LogP contribution in [0.1, 0.15) is 32.1 Å². The van der Waals surface area contributed by atoms with Gasteiger partial charge in [-0.05, 0) is 45.2 Å². The second-order valence-corrected chi connectivity index (χ2v) is 9.49.